The molecular formula is C8H19NS. The van der Waals surface area contributed by atoms with Crippen molar-refractivity contribution in [3.8, 4) is 0 Å². The van der Waals surface area contributed by atoms with E-state index in [4.69, 9.17) is 0 Å². The molecule has 0 saturated heterocycles. The van der Waals surface area contributed by atoms with E-state index in [-0.39, 0.29) is 4.75 Å². The molecule has 0 bridgehead atoms. The van der Waals surface area contributed by atoms with E-state index in [1.807, 2.05) is 0 Å². The summed E-state index contributed by atoms with van der Waals surface area (Å²) in [4.78, 5) is 0. The molecule has 0 aromatic carbocycles. The summed E-state index contributed by atoms with van der Waals surface area (Å²) in [5.74, 6) is 0.732. The number of nitrogens with one attached hydrogen (secondary N) is 1. The van der Waals surface area contributed by atoms with Gasteiger partial charge in [-0.05, 0) is 26.3 Å². The second-order valence-electron chi connectivity index (χ2n) is 3.84. The lowest BCUT2D eigenvalue weighted by Gasteiger charge is -2.18. The van der Waals surface area contributed by atoms with E-state index in [1.54, 1.807) is 0 Å². The van der Waals surface area contributed by atoms with Crippen molar-refractivity contribution >= 4 is 12.6 Å². The molecule has 62 valence electrons. The van der Waals surface area contributed by atoms with E-state index < -0.39 is 0 Å². The van der Waals surface area contributed by atoms with E-state index in [0.29, 0.717) is 0 Å². The maximum Gasteiger partial charge on any atom is 0.0198 e. The molecule has 1 N–H and O–H groups in total. The molecule has 0 radical (unpaired) electrons. The van der Waals surface area contributed by atoms with E-state index in [2.05, 4.69) is 45.6 Å². The van der Waals surface area contributed by atoms with Gasteiger partial charge in [0, 0.05) is 11.3 Å². The first-order valence-electron chi connectivity index (χ1n) is 3.85. The highest BCUT2D eigenvalue weighted by Crippen LogP contribution is 2.09. The first-order chi connectivity index (χ1) is 4.42. The predicted octanol–water partition coefficient (Wildman–Crippen LogP) is 1.94. The molecule has 0 spiro atoms. The van der Waals surface area contributed by atoms with Gasteiger partial charge in [0.2, 0.25) is 0 Å². The Morgan fingerprint density at radius 3 is 2.20 bits per heavy atom. The topological polar surface area (TPSA) is 12.0 Å². The first-order valence-corrected chi connectivity index (χ1v) is 4.29. The van der Waals surface area contributed by atoms with Gasteiger partial charge in [-0.1, -0.05) is 13.8 Å². The molecule has 0 aliphatic rings. The molecule has 0 aliphatic heterocycles. The molecule has 0 atom stereocenters. The van der Waals surface area contributed by atoms with Crippen LogP contribution >= 0.6 is 12.6 Å². The summed E-state index contributed by atoms with van der Waals surface area (Å²) in [5, 5.41) is 3.35. The standard InChI is InChI=1S/C8H19NS/c1-7(2)5-9-6-8(3,4)10/h7,9-10H,5-6H2,1-4H3. The summed E-state index contributed by atoms with van der Waals surface area (Å²) < 4.78 is 0.120. The molecule has 2 heteroatoms. The lowest BCUT2D eigenvalue weighted by atomic mass is 10.2. The van der Waals surface area contributed by atoms with Gasteiger partial charge >= 0.3 is 0 Å². The molecular weight excluding hydrogens is 142 g/mol. The van der Waals surface area contributed by atoms with Gasteiger partial charge in [0.25, 0.3) is 0 Å². The van der Waals surface area contributed by atoms with Crippen LogP contribution in [0.15, 0.2) is 0 Å². The minimum Gasteiger partial charge on any atom is -0.315 e. The monoisotopic (exact) mass is 161 g/mol. The van der Waals surface area contributed by atoms with Gasteiger partial charge in [-0.25, -0.2) is 0 Å². The van der Waals surface area contributed by atoms with Crippen molar-refractivity contribution in [2.45, 2.75) is 32.4 Å². The van der Waals surface area contributed by atoms with Crippen LogP contribution in [-0.2, 0) is 0 Å². The van der Waals surface area contributed by atoms with E-state index in [1.165, 1.54) is 0 Å². The van der Waals surface area contributed by atoms with Crippen molar-refractivity contribution in [1.82, 2.24) is 5.32 Å². The van der Waals surface area contributed by atoms with Crippen LogP contribution in [0.3, 0.4) is 0 Å². The number of hydrogen-bond donors (Lipinski definition) is 2. The summed E-state index contributed by atoms with van der Waals surface area (Å²) in [6.45, 7) is 10.7. The van der Waals surface area contributed by atoms with Crippen molar-refractivity contribution in [3.05, 3.63) is 0 Å². The molecule has 1 nitrogen and oxygen atoms in total. The van der Waals surface area contributed by atoms with E-state index in [0.717, 1.165) is 19.0 Å². The van der Waals surface area contributed by atoms with Crippen LogP contribution in [0.2, 0.25) is 0 Å². The average molecular weight is 161 g/mol. The molecule has 0 saturated carbocycles. The fourth-order valence-corrected chi connectivity index (χ4v) is 0.779. The average Bonchev–Trinajstić information content (AvgIpc) is 1.59. The van der Waals surface area contributed by atoms with Crippen LogP contribution in [0.25, 0.3) is 0 Å². The zero-order valence-corrected chi connectivity index (χ0v) is 8.33. The Bertz CT molecular complexity index is 83.7. The Morgan fingerprint density at radius 1 is 1.40 bits per heavy atom. The van der Waals surface area contributed by atoms with Crippen molar-refractivity contribution in [2.75, 3.05) is 13.1 Å². The molecule has 0 rings (SSSR count). The summed E-state index contributed by atoms with van der Waals surface area (Å²) in [5.41, 5.74) is 0. The van der Waals surface area contributed by atoms with Gasteiger partial charge in [0.1, 0.15) is 0 Å². The minimum absolute atomic E-state index is 0.120. The molecule has 0 fully saturated rings. The van der Waals surface area contributed by atoms with Crippen LogP contribution in [0.4, 0.5) is 0 Å². The van der Waals surface area contributed by atoms with Crippen molar-refractivity contribution < 1.29 is 0 Å². The van der Waals surface area contributed by atoms with Gasteiger partial charge in [0.15, 0.2) is 0 Å². The van der Waals surface area contributed by atoms with Gasteiger partial charge in [-0.3, -0.25) is 0 Å². The molecule has 0 aliphatic carbocycles. The first kappa shape index (κ1) is 10.3. The van der Waals surface area contributed by atoms with Crippen LogP contribution in [0.1, 0.15) is 27.7 Å². The quantitative estimate of drug-likeness (QED) is 0.601. The summed E-state index contributed by atoms with van der Waals surface area (Å²) >= 11 is 4.39. The SMILES string of the molecule is CC(C)CNCC(C)(C)S. The van der Waals surface area contributed by atoms with Crippen molar-refractivity contribution in [2.24, 2.45) is 5.92 Å². The lowest BCUT2D eigenvalue weighted by molar-refractivity contribution is 0.519. The third-order valence-corrected chi connectivity index (χ3v) is 1.27. The minimum atomic E-state index is 0.120. The van der Waals surface area contributed by atoms with E-state index >= 15 is 0 Å². The third kappa shape index (κ3) is 8.31. The molecule has 0 unspecified atom stereocenters. The van der Waals surface area contributed by atoms with Crippen molar-refractivity contribution in [3.63, 3.8) is 0 Å². The summed E-state index contributed by atoms with van der Waals surface area (Å²) in [6.07, 6.45) is 0. The van der Waals surface area contributed by atoms with Crippen molar-refractivity contribution in [1.29, 1.82) is 0 Å². The maximum absolute atomic E-state index is 4.39. The molecule has 0 amide bonds. The smallest absolute Gasteiger partial charge is 0.0198 e. The predicted molar refractivity (Wildman–Crippen MR) is 50.8 cm³/mol. The summed E-state index contributed by atoms with van der Waals surface area (Å²) in [6, 6.07) is 0. The highest BCUT2D eigenvalue weighted by Gasteiger charge is 2.09. The Hall–Kier alpha value is 0.310. The van der Waals surface area contributed by atoms with Crippen LogP contribution in [0, 0.1) is 5.92 Å². The highest BCUT2D eigenvalue weighted by molar-refractivity contribution is 7.81. The van der Waals surface area contributed by atoms with Gasteiger partial charge in [-0.2, -0.15) is 12.6 Å². The number of thiol groups is 1. The molecule has 0 heterocycles. The second-order valence-corrected chi connectivity index (χ2v) is 5.05. The Balaban J connectivity index is 3.21. The normalized spacial score (nSPS) is 12.6. The van der Waals surface area contributed by atoms with Crippen LogP contribution in [0.5, 0.6) is 0 Å². The lowest BCUT2D eigenvalue weighted by Crippen LogP contribution is -2.32. The third-order valence-electron chi connectivity index (χ3n) is 1.11. The zero-order valence-electron chi connectivity index (χ0n) is 7.44. The van der Waals surface area contributed by atoms with E-state index in [9.17, 15) is 0 Å². The molecule has 0 aromatic rings. The van der Waals surface area contributed by atoms with Gasteiger partial charge < -0.3 is 5.32 Å². The Kier molecular flexibility index (Phi) is 4.37. The van der Waals surface area contributed by atoms with Crippen LogP contribution < -0.4 is 5.32 Å². The van der Waals surface area contributed by atoms with Crippen LogP contribution in [-0.4, -0.2) is 17.8 Å². The summed E-state index contributed by atoms with van der Waals surface area (Å²) in [7, 11) is 0. The Labute approximate surface area is 70.0 Å². The van der Waals surface area contributed by atoms with Gasteiger partial charge in [0.05, 0.1) is 0 Å². The number of rotatable bonds is 4. The maximum atomic E-state index is 4.39. The zero-order chi connectivity index (χ0) is 8.20. The van der Waals surface area contributed by atoms with Gasteiger partial charge in [-0.15, -0.1) is 0 Å². The molecule has 10 heavy (non-hydrogen) atoms. The Morgan fingerprint density at radius 2 is 1.90 bits per heavy atom. The fraction of sp³-hybridized carbons (Fsp3) is 1.00. The highest BCUT2D eigenvalue weighted by atomic mass is 32.1. The second kappa shape index (κ2) is 4.24. The molecule has 0 aromatic heterocycles. The number of hydrogen-bond acceptors (Lipinski definition) is 2. The largest absolute Gasteiger partial charge is 0.315 e. The fourth-order valence-electron chi connectivity index (χ4n) is 0.667.